The van der Waals surface area contributed by atoms with E-state index in [9.17, 15) is 13.2 Å². The molecule has 0 saturated heterocycles. The summed E-state index contributed by atoms with van der Waals surface area (Å²) in [7, 11) is -3.55. The van der Waals surface area contributed by atoms with Gasteiger partial charge in [-0.05, 0) is 36.6 Å². The number of sulfonamides is 1. The number of anilines is 1. The first-order chi connectivity index (χ1) is 9.95. The van der Waals surface area contributed by atoms with Gasteiger partial charge in [0.15, 0.2) is 0 Å². The summed E-state index contributed by atoms with van der Waals surface area (Å²) in [5, 5.41) is 0. The number of nitrogens with zero attached hydrogens (tertiary/aromatic N) is 1. The lowest BCUT2D eigenvalue weighted by atomic mass is 10.2. The monoisotopic (exact) mass is 313 g/mol. The lowest BCUT2D eigenvalue weighted by molar-refractivity contribution is -0.116. The molecule has 8 heteroatoms. The van der Waals surface area contributed by atoms with Gasteiger partial charge in [-0.1, -0.05) is 0 Å². The molecule has 1 aliphatic heterocycles. The largest absolute Gasteiger partial charge is 0.312 e. The Hall–Kier alpha value is -1.48. The van der Waals surface area contributed by atoms with Gasteiger partial charge in [0.05, 0.1) is 11.5 Å². The van der Waals surface area contributed by atoms with Crippen LogP contribution in [0, 0.1) is 0 Å². The van der Waals surface area contributed by atoms with Gasteiger partial charge in [-0.2, -0.15) is 0 Å². The minimum atomic E-state index is -3.55. The van der Waals surface area contributed by atoms with E-state index in [1.54, 1.807) is 17.0 Å². The van der Waals surface area contributed by atoms with E-state index in [1.807, 2.05) is 0 Å². The highest BCUT2D eigenvalue weighted by Gasteiger charge is 2.24. The highest BCUT2D eigenvalue weighted by Crippen LogP contribution is 2.30. The number of hydrogen-bond acceptors (Lipinski definition) is 5. The van der Waals surface area contributed by atoms with Gasteiger partial charge in [-0.3, -0.25) is 4.79 Å². The van der Waals surface area contributed by atoms with Crippen LogP contribution in [0.25, 0.3) is 0 Å². The number of nitrogens with one attached hydrogen (secondary N) is 1. The van der Waals surface area contributed by atoms with E-state index >= 15 is 0 Å². The molecule has 2 rings (SSSR count). The summed E-state index contributed by atoms with van der Waals surface area (Å²) in [6.45, 7) is 2.65. The number of benzene rings is 1. The van der Waals surface area contributed by atoms with E-state index in [4.69, 9.17) is 5.90 Å². The van der Waals surface area contributed by atoms with Gasteiger partial charge in [0.2, 0.25) is 15.9 Å². The molecule has 0 spiro atoms. The van der Waals surface area contributed by atoms with Crippen LogP contribution >= 0.6 is 0 Å². The summed E-state index contributed by atoms with van der Waals surface area (Å²) in [5.41, 5.74) is 1.66. The Morgan fingerprint density at radius 3 is 2.90 bits per heavy atom. The predicted molar refractivity (Wildman–Crippen MR) is 78.1 cm³/mol. The average Bonchev–Trinajstić information content (AvgIpc) is 2.86. The molecule has 0 unspecified atom stereocenters. The summed E-state index contributed by atoms with van der Waals surface area (Å²) in [6.07, 6.45) is 1.16. The van der Waals surface area contributed by atoms with Crippen LogP contribution in [0.5, 0.6) is 0 Å². The summed E-state index contributed by atoms with van der Waals surface area (Å²) >= 11 is 0. The van der Waals surface area contributed by atoms with Gasteiger partial charge in [-0.25, -0.2) is 19.0 Å². The normalized spacial score (nSPS) is 14.3. The van der Waals surface area contributed by atoms with Crippen molar-refractivity contribution in [1.82, 2.24) is 4.72 Å². The molecular formula is C13H19N3O4S. The smallest absolute Gasteiger partial charge is 0.240 e. The number of carbonyl (C=O) groups is 1. The van der Waals surface area contributed by atoms with E-state index in [0.717, 1.165) is 11.3 Å². The molecular weight excluding hydrogens is 294 g/mol. The third-order valence-corrected chi connectivity index (χ3v) is 4.83. The fourth-order valence-electron chi connectivity index (χ4n) is 2.32. The number of hydrogen-bond donors (Lipinski definition) is 2. The molecule has 0 bridgehead atoms. The third-order valence-electron chi connectivity index (χ3n) is 3.37. The molecule has 116 valence electrons. The Morgan fingerprint density at radius 1 is 1.48 bits per heavy atom. The van der Waals surface area contributed by atoms with Crippen LogP contribution in [0.2, 0.25) is 0 Å². The lowest BCUT2D eigenvalue weighted by Gasteiger charge is -2.15. The fraction of sp³-hybridized carbons (Fsp3) is 0.462. The molecule has 7 nitrogen and oxygen atoms in total. The summed E-state index contributed by atoms with van der Waals surface area (Å²) in [4.78, 5) is 17.7. The summed E-state index contributed by atoms with van der Waals surface area (Å²) in [5.74, 6) is 4.84. The van der Waals surface area contributed by atoms with Crippen LogP contribution in [0.1, 0.15) is 18.9 Å². The topological polar surface area (TPSA) is 102 Å². The predicted octanol–water partition coefficient (Wildman–Crippen LogP) is 0.154. The summed E-state index contributed by atoms with van der Waals surface area (Å²) < 4.78 is 26.8. The molecule has 0 saturated carbocycles. The Morgan fingerprint density at radius 2 is 2.24 bits per heavy atom. The van der Waals surface area contributed by atoms with Crippen LogP contribution in [0.4, 0.5) is 5.69 Å². The first-order valence-electron chi connectivity index (χ1n) is 6.68. The van der Waals surface area contributed by atoms with Gasteiger partial charge < -0.3 is 9.74 Å². The first kappa shape index (κ1) is 15.9. The lowest BCUT2D eigenvalue weighted by Crippen LogP contribution is -2.26. The quantitative estimate of drug-likeness (QED) is 0.575. The molecule has 21 heavy (non-hydrogen) atoms. The number of amides is 1. The molecule has 1 aromatic carbocycles. The van der Waals surface area contributed by atoms with Crippen LogP contribution < -0.4 is 15.5 Å². The van der Waals surface area contributed by atoms with Gasteiger partial charge in [0.1, 0.15) is 0 Å². The van der Waals surface area contributed by atoms with E-state index in [0.29, 0.717) is 26.0 Å². The maximum Gasteiger partial charge on any atom is 0.240 e. The second-order valence-electron chi connectivity index (χ2n) is 4.83. The van der Waals surface area contributed by atoms with Crippen molar-refractivity contribution in [2.24, 2.45) is 5.90 Å². The van der Waals surface area contributed by atoms with Crippen LogP contribution in [0.15, 0.2) is 23.1 Å². The molecule has 1 aromatic rings. The second-order valence-corrected chi connectivity index (χ2v) is 6.60. The number of carbonyl (C=O) groups excluding carboxylic acids is 1. The number of nitrogens with two attached hydrogens (primary N) is 1. The third kappa shape index (κ3) is 3.59. The van der Waals surface area contributed by atoms with Crippen LogP contribution in [-0.4, -0.2) is 34.0 Å². The van der Waals surface area contributed by atoms with Gasteiger partial charge in [0, 0.05) is 25.7 Å². The Kier molecular flexibility index (Phi) is 4.94. The second kappa shape index (κ2) is 6.52. The standard InChI is InChI=1S/C13H19N3O4S/c1-10(17)16-7-5-11-9-12(3-4-13(11)16)21(18,19)15-6-2-8-20-14/h3-4,9,15H,2,5-8,14H2,1H3. The molecule has 1 amide bonds. The molecule has 0 atom stereocenters. The van der Waals surface area contributed by atoms with E-state index in [-0.39, 0.29) is 17.3 Å². The molecule has 0 fully saturated rings. The van der Waals surface area contributed by atoms with Gasteiger partial charge in [0.25, 0.3) is 0 Å². The zero-order chi connectivity index (χ0) is 15.5. The van der Waals surface area contributed by atoms with Crippen molar-refractivity contribution >= 4 is 21.6 Å². The van der Waals surface area contributed by atoms with Crippen molar-refractivity contribution in [3.05, 3.63) is 23.8 Å². The van der Waals surface area contributed by atoms with Crippen molar-refractivity contribution in [3.8, 4) is 0 Å². The Balaban J connectivity index is 2.13. The SMILES string of the molecule is CC(=O)N1CCc2cc(S(=O)(=O)NCCCON)ccc21. The highest BCUT2D eigenvalue weighted by molar-refractivity contribution is 7.89. The Bertz CT molecular complexity index is 630. The first-order valence-corrected chi connectivity index (χ1v) is 8.16. The molecule has 1 heterocycles. The zero-order valence-electron chi connectivity index (χ0n) is 11.8. The fourth-order valence-corrected chi connectivity index (χ4v) is 3.44. The van der Waals surface area contributed by atoms with Crippen molar-refractivity contribution in [3.63, 3.8) is 0 Å². The average molecular weight is 313 g/mol. The van der Waals surface area contributed by atoms with Crippen LogP contribution in [0.3, 0.4) is 0 Å². The number of fused-ring (bicyclic) bond motifs is 1. The summed E-state index contributed by atoms with van der Waals surface area (Å²) in [6, 6.07) is 4.82. The van der Waals surface area contributed by atoms with Crippen molar-refractivity contribution in [2.75, 3.05) is 24.6 Å². The zero-order valence-corrected chi connectivity index (χ0v) is 12.6. The molecule has 0 aliphatic carbocycles. The van der Waals surface area contributed by atoms with Gasteiger partial charge >= 0.3 is 0 Å². The maximum atomic E-state index is 12.1. The van der Waals surface area contributed by atoms with E-state index in [1.165, 1.54) is 13.0 Å². The van der Waals surface area contributed by atoms with E-state index < -0.39 is 10.0 Å². The van der Waals surface area contributed by atoms with E-state index in [2.05, 4.69) is 9.56 Å². The minimum absolute atomic E-state index is 0.0377. The van der Waals surface area contributed by atoms with Crippen molar-refractivity contribution in [1.29, 1.82) is 0 Å². The Labute approximate surface area is 124 Å². The highest BCUT2D eigenvalue weighted by atomic mass is 32.2. The maximum absolute atomic E-state index is 12.1. The van der Waals surface area contributed by atoms with Crippen molar-refractivity contribution in [2.45, 2.75) is 24.7 Å². The van der Waals surface area contributed by atoms with Crippen LogP contribution in [-0.2, 0) is 26.1 Å². The molecule has 0 aromatic heterocycles. The van der Waals surface area contributed by atoms with Crippen molar-refractivity contribution < 1.29 is 18.0 Å². The number of rotatable bonds is 6. The minimum Gasteiger partial charge on any atom is -0.312 e. The molecule has 0 radical (unpaired) electrons. The van der Waals surface area contributed by atoms with Gasteiger partial charge in [-0.15, -0.1) is 0 Å². The molecule has 1 aliphatic rings. The molecule has 3 N–H and O–H groups in total.